The molecule has 0 bridgehead atoms. The molecule has 1 saturated heterocycles. The van der Waals surface area contributed by atoms with E-state index < -0.39 is 11.7 Å². The lowest BCUT2D eigenvalue weighted by molar-refractivity contribution is -0.137. The predicted octanol–water partition coefficient (Wildman–Crippen LogP) is 2.66. The molecule has 1 amide bonds. The van der Waals surface area contributed by atoms with Crippen LogP contribution in [0.3, 0.4) is 0 Å². The Morgan fingerprint density at radius 3 is 2.68 bits per heavy atom. The molecular formula is C15H19F3N2O2. The van der Waals surface area contributed by atoms with Gasteiger partial charge in [-0.05, 0) is 37.0 Å². The van der Waals surface area contributed by atoms with E-state index in [4.69, 9.17) is 4.74 Å². The maximum Gasteiger partial charge on any atom is 0.416 e. The number of hydrogen-bond acceptors (Lipinski definition) is 3. The molecule has 7 heteroatoms. The summed E-state index contributed by atoms with van der Waals surface area (Å²) in [6.07, 6.45) is -2.55. The first-order chi connectivity index (χ1) is 10.4. The van der Waals surface area contributed by atoms with E-state index in [-0.39, 0.29) is 18.1 Å². The van der Waals surface area contributed by atoms with Crippen LogP contribution in [0, 0.1) is 5.92 Å². The number of nitrogens with one attached hydrogen (secondary N) is 2. The Bertz CT molecular complexity index is 500. The Morgan fingerprint density at radius 1 is 1.27 bits per heavy atom. The third-order valence-electron chi connectivity index (χ3n) is 3.57. The maximum atomic E-state index is 12.6. The minimum absolute atomic E-state index is 0.0511. The van der Waals surface area contributed by atoms with Crippen LogP contribution in [-0.4, -0.2) is 32.2 Å². The van der Waals surface area contributed by atoms with Gasteiger partial charge in [0.15, 0.2) is 0 Å². The zero-order valence-corrected chi connectivity index (χ0v) is 12.1. The summed E-state index contributed by atoms with van der Waals surface area (Å²) in [5.74, 6) is 0.176. The number of amides is 1. The molecule has 1 heterocycles. The van der Waals surface area contributed by atoms with Gasteiger partial charge in [-0.25, -0.2) is 0 Å². The average Bonchev–Trinajstić information content (AvgIpc) is 2.51. The van der Waals surface area contributed by atoms with E-state index in [9.17, 15) is 18.0 Å². The lowest BCUT2D eigenvalue weighted by Crippen LogP contribution is -2.35. The van der Waals surface area contributed by atoms with E-state index in [2.05, 4.69) is 10.6 Å². The average molecular weight is 316 g/mol. The van der Waals surface area contributed by atoms with Crippen LogP contribution < -0.4 is 10.6 Å². The van der Waals surface area contributed by atoms with E-state index in [1.165, 1.54) is 12.1 Å². The van der Waals surface area contributed by atoms with E-state index >= 15 is 0 Å². The van der Waals surface area contributed by atoms with E-state index in [1.54, 1.807) is 0 Å². The fraction of sp³-hybridized carbons (Fsp3) is 0.533. The first kappa shape index (κ1) is 16.6. The Labute approximate surface area is 127 Å². The van der Waals surface area contributed by atoms with Gasteiger partial charge in [0.1, 0.15) is 0 Å². The molecular weight excluding hydrogens is 297 g/mol. The topological polar surface area (TPSA) is 50.4 Å². The molecule has 1 aromatic rings. The summed E-state index contributed by atoms with van der Waals surface area (Å²) < 4.78 is 43.0. The monoisotopic (exact) mass is 316 g/mol. The van der Waals surface area contributed by atoms with Crippen molar-refractivity contribution in [3.8, 4) is 0 Å². The standard InChI is InChI=1S/C15H19F3N2O2/c16-15(17,18)12-2-1-3-13(8-12)19-10-14(21)20-9-11-4-6-22-7-5-11/h1-3,8,11,19H,4-7,9-10H2,(H,20,21). The summed E-state index contributed by atoms with van der Waals surface area (Å²) in [7, 11) is 0. The lowest BCUT2D eigenvalue weighted by Gasteiger charge is -2.22. The molecule has 122 valence electrons. The van der Waals surface area contributed by atoms with Gasteiger partial charge in [-0.3, -0.25) is 4.79 Å². The molecule has 4 nitrogen and oxygen atoms in total. The Morgan fingerprint density at radius 2 is 2.00 bits per heavy atom. The van der Waals surface area contributed by atoms with Gasteiger partial charge in [0, 0.05) is 25.4 Å². The van der Waals surface area contributed by atoms with Crippen LogP contribution in [-0.2, 0) is 15.7 Å². The van der Waals surface area contributed by atoms with Gasteiger partial charge in [0.25, 0.3) is 0 Å². The molecule has 0 spiro atoms. The van der Waals surface area contributed by atoms with Crippen molar-refractivity contribution in [3.05, 3.63) is 29.8 Å². The number of carbonyl (C=O) groups is 1. The normalized spacial score (nSPS) is 16.3. The Kier molecular flexibility index (Phi) is 5.65. The van der Waals surface area contributed by atoms with E-state index in [1.807, 2.05) is 0 Å². The number of benzene rings is 1. The minimum atomic E-state index is -4.39. The van der Waals surface area contributed by atoms with Gasteiger partial charge in [-0.15, -0.1) is 0 Å². The fourth-order valence-corrected chi connectivity index (χ4v) is 2.26. The summed E-state index contributed by atoms with van der Waals surface area (Å²) >= 11 is 0. The molecule has 2 rings (SSSR count). The summed E-state index contributed by atoms with van der Waals surface area (Å²) in [4.78, 5) is 11.7. The molecule has 1 aliphatic rings. The number of hydrogen-bond donors (Lipinski definition) is 2. The van der Waals surface area contributed by atoms with E-state index in [0.717, 1.165) is 25.0 Å². The van der Waals surface area contributed by atoms with Crippen molar-refractivity contribution in [1.82, 2.24) is 5.32 Å². The van der Waals surface area contributed by atoms with Crippen molar-refractivity contribution in [2.75, 3.05) is 31.6 Å². The SMILES string of the molecule is O=C(CNc1cccc(C(F)(F)F)c1)NCC1CCOCC1. The molecule has 2 N–H and O–H groups in total. The molecule has 1 aromatic carbocycles. The Balaban J connectivity index is 1.76. The smallest absolute Gasteiger partial charge is 0.381 e. The maximum absolute atomic E-state index is 12.6. The number of alkyl halides is 3. The highest BCUT2D eigenvalue weighted by atomic mass is 19.4. The largest absolute Gasteiger partial charge is 0.416 e. The van der Waals surface area contributed by atoms with Crippen LogP contribution in [0.4, 0.5) is 18.9 Å². The van der Waals surface area contributed by atoms with Crippen LogP contribution in [0.5, 0.6) is 0 Å². The molecule has 0 aromatic heterocycles. The van der Waals surface area contributed by atoms with Crippen LogP contribution in [0.15, 0.2) is 24.3 Å². The van der Waals surface area contributed by atoms with Crippen molar-refractivity contribution in [2.45, 2.75) is 19.0 Å². The second-order valence-corrected chi connectivity index (χ2v) is 5.29. The quantitative estimate of drug-likeness (QED) is 0.878. The number of ether oxygens (including phenoxy) is 1. The molecule has 0 atom stereocenters. The zero-order valence-electron chi connectivity index (χ0n) is 12.1. The van der Waals surface area contributed by atoms with Crippen molar-refractivity contribution in [3.63, 3.8) is 0 Å². The van der Waals surface area contributed by atoms with Gasteiger partial charge in [0.05, 0.1) is 12.1 Å². The lowest BCUT2D eigenvalue weighted by atomic mass is 10.0. The third kappa shape index (κ3) is 5.22. The van der Waals surface area contributed by atoms with Crippen LogP contribution >= 0.6 is 0 Å². The number of anilines is 1. The number of halogens is 3. The second kappa shape index (κ2) is 7.49. The van der Waals surface area contributed by atoms with Gasteiger partial charge in [-0.1, -0.05) is 6.07 Å². The van der Waals surface area contributed by atoms with Crippen molar-refractivity contribution in [2.24, 2.45) is 5.92 Å². The van der Waals surface area contributed by atoms with Crippen molar-refractivity contribution >= 4 is 11.6 Å². The molecule has 0 aliphatic carbocycles. The second-order valence-electron chi connectivity index (χ2n) is 5.29. The summed E-state index contributed by atoms with van der Waals surface area (Å²) in [6.45, 7) is 1.95. The van der Waals surface area contributed by atoms with E-state index in [0.29, 0.717) is 25.7 Å². The molecule has 22 heavy (non-hydrogen) atoms. The van der Waals surface area contributed by atoms with Crippen LogP contribution in [0.1, 0.15) is 18.4 Å². The molecule has 0 unspecified atom stereocenters. The van der Waals surface area contributed by atoms with Gasteiger partial charge in [-0.2, -0.15) is 13.2 Å². The first-order valence-electron chi connectivity index (χ1n) is 7.21. The summed E-state index contributed by atoms with van der Waals surface area (Å²) in [5.41, 5.74) is -0.462. The molecule has 0 radical (unpaired) electrons. The van der Waals surface area contributed by atoms with Crippen molar-refractivity contribution < 1.29 is 22.7 Å². The predicted molar refractivity (Wildman–Crippen MR) is 76.5 cm³/mol. The third-order valence-corrected chi connectivity index (χ3v) is 3.57. The van der Waals surface area contributed by atoms with Crippen molar-refractivity contribution in [1.29, 1.82) is 0 Å². The van der Waals surface area contributed by atoms with Gasteiger partial charge < -0.3 is 15.4 Å². The van der Waals surface area contributed by atoms with Crippen LogP contribution in [0.2, 0.25) is 0 Å². The highest BCUT2D eigenvalue weighted by Crippen LogP contribution is 2.30. The molecule has 0 saturated carbocycles. The molecule has 1 aliphatic heterocycles. The molecule has 1 fully saturated rings. The Hall–Kier alpha value is -1.76. The highest BCUT2D eigenvalue weighted by molar-refractivity contribution is 5.80. The van der Waals surface area contributed by atoms with Crippen LogP contribution in [0.25, 0.3) is 0 Å². The first-order valence-corrected chi connectivity index (χ1v) is 7.21. The number of rotatable bonds is 5. The minimum Gasteiger partial charge on any atom is -0.381 e. The van der Waals surface area contributed by atoms with Gasteiger partial charge >= 0.3 is 6.18 Å². The summed E-state index contributed by atoms with van der Waals surface area (Å²) in [5, 5.41) is 5.50. The highest BCUT2D eigenvalue weighted by Gasteiger charge is 2.30. The fourth-order valence-electron chi connectivity index (χ4n) is 2.26. The van der Waals surface area contributed by atoms with Gasteiger partial charge in [0.2, 0.25) is 5.91 Å². The zero-order chi connectivity index (χ0) is 16.0. The number of carbonyl (C=O) groups excluding carboxylic acids is 1. The summed E-state index contributed by atoms with van der Waals surface area (Å²) in [6, 6.07) is 4.80.